The molecule has 2 aromatic rings. The fourth-order valence-corrected chi connectivity index (χ4v) is 4.02. The van der Waals surface area contributed by atoms with Gasteiger partial charge in [-0.05, 0) is 12.0 Å². The lowest BCUT2D eigenvalue weighted by molar-refractivity contribution is -0.0348. The van der Waals surface area contributed by atoms with Crippen molar-refractivity contribution in [3.05, 3.63) is 33.2 Å². The molecule has 3 atom stereocenters. The smallest absolute Gasteiger partial charge is 0.347 e. The molecule has 1 unspecified atom stereocenters. The van der Waals surface area contributed by atoms with Crippen LogP contribution in [0.4, 0.5) is 0 Å². The molecule has 24 heavy (non-hydrogen) atoms. The first kappa shape index (κ1) is 14.0. The van der Waals surface area contributed by atoms with Crippen LogP contribution in [0.3, 0.4) is 0 Å². The van der Waals surface area contributed by atoms with Crippen molar-refractivity contribution >= 4 is 16.8 Å². The Labute approximate surface area is 135 Å². The van der Waals surface area contributed by atoms with E-state index in [4.69, 9.17) is 18.6 Å². The molecule has 7 nitrogen and oxygen atoms in total. The lowest BCUT2D eigenvalue weighted by Gasteiger charge is -2.14. The van der Waals surface area contributed by atoms with Gasteiger partial charge in [0.15, 0.2) is 5.78 Å². The van der Waals surface area contributed by atoms with E-state index < -0.39 is 23.9 Å². The topological polar surface area (TPSA) is 95.2 Å². The molecule has 1 N–H and O–H groups in total. The van der Waals surface area contributed by atoms with Gasteiger partial charge in [0.2, 0.25) is 6.29 Å². The Morgan fingerprint density at radius 3 is 2.92 bits per heavy atom. The molecule has 0 radical (unpaired) electrons. The van der Waals surface area contributed by atoms with E-state index in [0.717, 1.165) is 0 Å². The number of carbonyl (C=O) groups excluding carboxylic acids is 1. The number of benzene rings is 1. The van der Waals surface area contributed by atoms with Gasteiger partial charge in [0, 0.05) is 12.5 Å². The first-order chi connectivity index (χ1) is 11.6. The average Bonchev–Trinajstić information content (AvgIpc) is 3.22. The summed E-state index contributed by atoms with van der Waals surface area (Å²) in [7, 11) is 1.51. The predicted molar refractivity (Wildman–Crippen MR) is 80.8 cm³/mol. The highest BCUT2D eigenvalue weighted by Gasteiger charge is 2.48. The zero-order chi connectivity index (χ0) is 16.6. The van der Waals surface area contributed by atoms with Crippen molar-refractivity contribution < 1.29 is 28.5 Å². The Balaban J connectivity index is 1.91. The first-order valence-corrected chi connectivity index (χ1v) is 7.80. The van der Waals surface area contributed by atoms with Crippen LogP contribution in [0.2, 0.25) is 0 Å². The third-order valence-corrected chi connectivity index (χ3v) is 5.06. The van der Waals surface area contributed by atoms with Crippen molar-refractivity contribution in [2.75, 3.05) is 13.7 Å². The molecule has 2 aliphatic heterocycles. The molecule has 1 fully saturated rings. The van der Waals surface area contributed by atoms with E-state index in [9.17, 15) is 14.7 Å². The molecule has 3 aliphatic rings. The summed E-state index contributed by atoms with van der Waals surface area (Å²) in [5, 5.41) is 10.8. The predicted octanol–water partition coefficient (Wildman–Crippen LogP) is 1.12. The van der Waals surface area contributed by atoms with Gasteiger partial charge in [-0.3, -0.25) is 4.79 Å². The molecular weight excluding hydrogens is 316 g/mol. The van der Waals surface area contributed by atoms with Gasteiger partial charge in [-0.2, -0.15) is 0 Å². The first-order valence-electron chi connectivity index (χ1n) is 7.80. The molecule has 1 aliphatic carbocycles. The molecule has 124 valence electrons. The summed E-state index contributed by atoms with van der Waals surface area (Å²) >= 11 is 0. The summed E-state index contributed by atoms with van der Waals surface area (Å²) in [5.74, 6) is 0.321. The van der Waals surface area contributed by atoms with Crippen LogP contribution < -0.4 is 15.1 Å². The van der Waals surface area contributed by atoms with E-state index in [0.29, 0.717) is 40.0 Å². The lowest BCUT2D eigenvalue weighted by atomic mass is 9.92. The highest BCUT2D eigenvalue weighted by atomic mass is 16.7. The van der Waals surface area contributed by atoms with E-state index in [1.165, 1.54) is 7.11 Å². The molecule has 0 saturated carbocycles. The minimum absolute atomic E-state index is 0.111. The Hall–Kier alpha value is -2.38. The third-order valence-electron chi connectivity index (χ3n) is 5.06. The number of methoxy groups -OCH3 is 1. The number of aryl methyl sites for hydroxylation is 1. The van der Waals surface area contributed by atoms with Gasteiger partial charge in [0.1, 0.15) is 22.6 Å². The minimum atomic E-state index is -0.743. The normalized spacial score (nSPS) is 27.1. The van der Waals surface area contributed by atoms with E-state index in [1.807, 2.05) is 0 Å². The van der Waals surface area contributed by atoms with E-state index in [1.54, 1.807) is 6.07 Å². The second kappa shape index (κ2) is 4.58. The number of aliphatic hydroxyl groups excluding tert-OH is 1. The number of ether oxygens (including phenoxy) is 3. The molecule has 0 bridgehead atoms. The number of ketones is 1. The Morgan fingerprint density at radius 2 is 2.12 bits per heavy atom. The summed E-state index contributed by atoms with van der Waals surface area (Å²) in [6, 6.07) is 1.70. The SMILES string of the molecule is COc1cc2c(c3oc(=O)c4c(c13)CCC4=O)[C@@H]1C(O)CO[C@@H]1O2. The fraction of sp³-hybridized carbons (Fsp3) is 0.412. The van der Waals surface area contributed by atoms with E-state index >= 15 is 0 Å². The molecule has 1 saturated heterocycles. The van der Waals surface area contributed by atoms with Crippen LogP contribution in [-0.4, -0.2) is 37.0 Å². The Bertz CT molecular complexity index is 958. The van der Waals surface area contributed by atoms with Crippen LogP contribution >= 0.6 is 0 Å². The van der Waals surface area contributed by atoms with Gasteiger partial charge in [-0.15, -0.1) is 0 Å². The van der Waals surface area contributed by atoms with Gasteiger partial charge in [0.25, 0.3) is 0 Å². The van der Waals surface area contributed by atoms with E-state index in [2.05, 4.69) is 0 Å². The van der Waals surface area contributed by atoms with Crippen LogP contribution in [0.25, 0.3) is 11.0 Å². The standard InChI is InChI=1S/C17H14O7/c1-21-9-4-10-14(13-8(19)5-22-17(13)23-10)15-12(9)6-2-3-7(18)11(6)16(20)24-15/h4,8,13,17,19H,2-3,5H2,1H3/t8?,13-,17+/m0/s1. The monoisotopic (exact) mass is 330 g/mol. The van der Waals surface area contributed by atoms with Gasteiger partial charge in [0.05, 0.1) is 36.7 Å². The Kier molecular flexibility index (Phi) is 2.67. The number of hydrogen-bond acceptors (Lipinski definition) is 7. The average molecular weight is 330 g/mol. The zero-order valence-electron chi connectivity index (χ0n) is 12.8. The van der Waals surface area contributed by atoms with Crippen molar-refractivity contribution in [3.8, 4) is 11.5 Å². The largest absolute Gasteiger partial charge is 0.496 e. The second-order valence-corrected chi connectivity index (χ2v) is 6.27. The van der Waals surface area contributed by atoms with Crippen LogP contribution in [0.5, 0.6) is 11.5 Å². The fourth-order valence-electron chi connectivity index (χ4n) is 4.02. The molecule has 1 aromatic heterocycles. The van der Waals surface area contributed by atoms with Crippen LogP contribution in [0.15, 0.2) is 15.3 Å². The van der Waals surface area contributed by atoms with Crippen molar-refractivity contribution in [1.82, 2.24) is 0 Å². The maximum Gasteiger partial charge on any atom is 0.347 e. The van der Waals surface area contributed by atoms with Crippen molar-refractivity contribution in [2.24, 2.45) is 0 Å². The summed E-state index contributed by atoms with van der Waals surface area (Å²) in [6.45, 7) is 0.163. The van der Waals surface area contributed by atoms with Gasteiger partial charge < -0.3 is 23.7 Å². The van der Waals surface area contributed by atoms with Crippen molar-refractivity contribution in [2.45, 2.75) is 31.2 Å². The quantitative estimate of drug-likeness (QED) is 0.783. The highest BCUT2D eigenvalue weighted by molar-refractivity contribution is 6.06. The Morgan fingerprint density at radius 1 is 1.29 bits per heavy atom. The van der Waals surface area contributed by atoms with Crippen molar-refractivity contribution in [1.29, 1.82) is 0 Å². The molecule has 0 spiro atoms. The van der Waals surface area contributed by atoms with E-state index in [-0.39, 0.29) is 24.4 Å². The summed E-state index contributed by atoms with van der Waals surface area (Å²) in [5.41, 5.74) is 1.05. The molecular formula is C17H14O7. The van der Waals surface area contributed by atoms with Gasteiger partial charge in [-0.1, -0.05) is 0 Å². The number of hydrogen-bond donors (Lipinski definition) is 1. The second-order valence-electron chi connectivity index (χ2n) is 6.27. The molecule has 0 amide bonds. The molecule has 3 heterocycles. The third kappa shape index (κ3) is 1.58. The summed E-state index contributed by atoms with van der Waals surface area (Å²) < 4.78 is 22.1. The van der Waals surface area contributed by atoms with Crippen LogP contribution in [-0.2, 0) is 11.2 Å². The molecule has 7 heteroatoms. The van der Waals surface area contributed by atoms with Gasteiger partial charge >= 0.3 is 5.63 Å². The number of fused-ring (bicyclic) bond motifs is 7. The highest BCUT2D eigenvalue weighted by Crippen LogP contribution is 2.51. The number of carbonyl (C=O) groups is 1. The summed E-state index contributed by atoms with van der Waals surface area (Å²) in [4.78, 5) is 24.4. The number of aliphatic hydroxyl groups is 1. The maximum absolute atomic E-state index is 12.3. The summed E-state index contributed by atoms with van der Waals surface area (Å²) in [6.07, 6.45) is -0.591. The van der Waals surface area contributed by atoms with Crippen LogP contribution in [0, 0.1) is 0 Å². The van der Waals surface area contributed by atoms with Crippen molar-refractivity contribution in [3.63, 3.8) is 0 Å². The molecule has 1 aromatic carbocycles. The van der Waals surface area contributed by atoms with Gasteiger partial charge in [-0.25, -0.2) is 4.79 Å². The number of Topliss-reactive ketones (excluding diaryl/α,β-unsaturated/α-hetero) is 1. The molecule has 5 rings (SSSR count). The zero-order valence-corrected chi connectivity index (χ0v) is 12.8. The maximum atomic E-state index is 12.3. The number of rotatable bonds is 1. The lowest BCUT2D eigenvalue weighted by Crippen LogP contribution is -2.20. The van der Waals surface area contributed by atoms with Crippen LogP contribution in [0.1, 0.15) is 33.8 Å². The minimum Gasteiger partial charge on any atom is -0.496 e.